The second-order valence-electron chi connectivity index (χ2n) is 12.3. The first-order valence-electron chi connectivity index (χ1n) is 14.1. The van der Waals surface area contributed by atoms with E-state index in [1.165, 1.54) is 19.4 Å². The second kappa shape index (κ2) is 10.4. The summed E-state index contributed by atoms with van der Waals surface area (Å²) in [7, 11) is 1.39. The lowest BCUT2D eigenvalue weighted by molar-refractivity contribution is -0.194. The molecule has 1 N–H and O–H groups in total. The third-order valence-corrected chi connectivity index (χ3v) is 11.1. The Kier molecular flexibility index (Phi) is 7.15. The van der Waals surface area contributed by atoms with Crippen LogP contribution in [0.1, 0.15) is 44.4 Å². The molecule has 2 aromatic heterocycles. The van der Waals surface area contributed by atoms with Crippen molar-refractivity contribution in [3.63, 3.8) is 0 Å². The summed E-state index contributed by atoms with van der Waals surface area (Å²) < 4.78 is 26.2. The molecule has 2 heterocycles. The molecule has 9 nitrogen and oxygen atoms in total. The zero-order valence-corrected chi connectivity index (χ0v) is 24.6. The van der Waals surface area contributed by atoms with Crippen LogP contribution < -0.4 is 0 Å². The van der Waals surface area contributed by atoms with Crippen molar-refractivity contribution in [2.24, 2.45) is 28.6 Å². The van der Waals surface area contributed by atoms with E-state index in [4.69, 9.17) is 14.7 Å². The summed E-state index contributed by atoms with van der Waals surface area (Å²) in [6.45, 7) is 3.85. The van der Waals surface area contributed by atoms with Crippen LogP contribution in [0.4, 0.5) is 4.39 Å². The Morgan fingerprint density at radius 1 is 1.31 bits per heavy atom. The molecule has 0 aliphatic heterocycles. The van der Waals surface area contributed by atoms with E-state index in [1.54, 1.807) is 10.7 Å². The number of hydrogen-bond acceptors (Lipinski definition) is 9. The number of rotatable bonds is 6. The first-order valence-corrected chi connectivity index (χ1v) is 15.1. The van der Waals surface area contributed by atoms with Crippen molar-refractivity contribution in [1.82, 2.24) is 14.8 Å². The normalized spacial score (nSPS) is 34.3. The summed E-state index contributed by atoms with van der Waals surface area (Å²) >= 11 is 0.867. The number of fused-ring (bicyclic) bond motifs is 6. The number of nitrogens with zero attached hydrogens (tertiary/aromatic N) is 4. The lowest BCUT2D eigenvalue weighted by Crippen LogP contribution is -2.62. The van der Waals surface area contributed by atoms with Gasteiger partial charge in [-0.25, -0.2) is 14.5 Å². The van der Waals surface area contributed by atoms with Gasteiger partial charge < -0.3 is 14.6 Å². The number of allylic oxidation sites excluding steroid dienone is 3. The number of carbonyl (C=O) groups excluding carboxylic acids is 2. The molecule has 220 valence electrons. The van der Waals surface area contributed by atoms with Gasteiger partial charge in [-0.2, -0.15) is 14.8 Å². The van der Waals surface area contributed by atoms with E-state index < -0.39 is 34.5 Å². The van der Waals surface area contributed by atoms with Gasteiger partial charge in [0, 0.05) is 23.9 Å². The third kappa shape index (κ3) is 4.18. The third-order valence-electron chi connectivity index (χ3n) is 10.2. The van der Waals surface area contributed by atoms with Crippen molar-refractivity contribution in [2.45, 2.75) is 51.2 Å². The molecular formula is C31H33FN4O5S. The molecule has 42 heavy (non-hydrogen) atoms. The van der Waals surface area contributed by atoms with Gasteiger partial charge in [-0.3, -0.25) is 4.79 Å². The van der Waals surface area contributed by atoms with Gasteiger partial charge in [-0.15, -0.1) is 0 Å². The van der Waals surface area contributed by atoms with Crippen LogP contribution in [0, 0.1) is 45.9 Å². The molecule has 0 spiro atoms. The molecular weight excluding hydrogens is 559 g/mol. The van der Waals surface area contributed by atoms with Crippen molar-refractivity contribution in [2.75, 3.05) is 19.5 Å². The summed E-state index contributed by atoms with van der Waals surface area (Å²) in [6, 6.07) is 4.95. The Morgan fingerprint density at radius 3 is 2.83 bits per heavy atom. The fourth-order valence-electron chi connectivity index (χ4n) is 8.42. The lowest BCUT2D eigenvalue weighted by atomic mass is 9.47. The highest BCUT2D eigenvalue weighted by molar-refractivity contribution is 8.14. The van der Waals surface area contributed by atoms with Crippen molar-refractivity contribution < 1.29 is 28.6 Å². The molecule has 0 radical (unpaired) electrons. The molecule has 11 heteroatoms. The number of hydrogen-bond donors (Lipinski definition) is 1. The maximum Gasteiger partial charge on any atom is 0.333 e. The number of carbonyl (C=O) groups is 2. The lowest BCUT2D eigenvalue weighted by Gasteiger charge is -2.59. The highest BCUT2D eigenvalue weighted by Gasteiger charge is 2.70. The fourth-order valence-corrected chi connectivity index (χ4v) is 9.23. The standard InChI is InChI=1S/C31H33FN4O5S/c1-29-13-18-15-35-36(20-5-7-25(32)34-16-20)23(18)12-19(29)4-6-21-22-8-9-31(28(39)42-11-10-33,41-26(38)17-40-3)30(22,2)14-24(37)27(21)29/h4-7,12,15-16,21-22,24,27,37H,8-9,11,13-14,17H2,1-3H3/t21-,22-,24-,27+,29-,30-,31-/m0/s1. The minimum atomic E-state index is -1.46. The molecule has 0 unspecified atom stereocenters. The van der Waals surface area contributed by atoms with Crippen molar-refractivity contribution in [1.29, 1.82) is 5.26 Å². The average molecular weight is 593 g/mol. The number of pyridine rings is 1. The minimum absolute atomic E-state index is 0.0306. The Balaban J connectivity index is 1.37. The number of aliphatic hydroxyl groups excluding tert-OH is 1. The van der Waals surface area contributed by atoms with E-state index in [1.807, 2.05) is 19.2 Å². The summed E-state index contributed by atoms with van der Waals surface area (Å²) in [6.07, 6.45) is 10.8. The summed E-state index contributed by atoms with van der Waals surface area (Å²) in [5.74, 6) is -1.46. The number of methoxy groups -OCH3 is 1. The van der Waals surface area contributed by atoms with E-state index in [2.05, 4.69) is 35.2 Å². The molecule has 2 saturated carbocycles. The van der Waals surface area contributed by atoms with Crippen molar-refractivity contribution >= 4 is 28.9 Å². The Hall–Kier alpha value is -3.33. The quantitative estimate of drug-likeness (QED) is 0.390. The molecule has 2 aromatic rings. The van der Waals surface area contributed by atoms with Crippen LogP contribution >= 0.6 is 11.8 Å². The predicted octanol–water partition coefficient (Wildman–Crippen LogP) is 4.05. The molecule has 6 rings (SSSR count). The van der Waals surface area contributed by atoms with Gasteiger partial charge >= 0.3 is 5.97 Å². The highest BCUT2D eigenvalue weighted by Crippen LogP contribution is 2.67. The molecule has 0 saturated heterocycles. The first kappa shape index (κ1) is 28.8. The van der Waals surface area contributed by atoms with Gasteiger partial charge in [0.1, 0.15) is 6.61 Å². The molecule has 7 atom stereocenters. The minimum Gasteiger partial charge on any atom is -0.448 e. The number of nitriles is 1. The Bertz CT molecular complexity index is 1530. The molecule has 0 aromatic carbocycles. The van der Waals surface area contributed by atoms with Crippen LogP contribution in [0.25, 0.3) is 11.8 Å². The van der Waals surface area contributed by atoms with E-state index in [0.29, 0.717) is 24.9 Å². The van der Waals surface area contributed by atoms with Crippen LogP contribution in [0.15, 0.2) is 42.3 Å². The maximum absolute atomic E-state index is 13.7. The Morgan fingerprint density at radius 2 is 2.12 bits per heavy atom. The number of halogens is 1. The topological polar surface area (TPSA) is 127 Å². The van der Waals surface area contributed by atoms with Gasteiger partial charge in [0.15, 0.2) is 5.60 Å². The maximum atomic E-state index is 13.7. The second-order valence-corrected chi connectivity index (χ2v) is 13.2. The number of ether oxygens (including phenoxy) is 2. The average Bonchev–Trinajstić information content (AvgIpc) is 3.48. The van der Waals surface area contributed by atoms with Crippen LogP contribution in [0.3, 0.4) is 0 Å². The van der Waals surface area contributed by atoms with Gasteiger partial charge in [0.05, 0.1) is 41.7 Å². The monoisotopic (exact) mass is 592 g/mol. The molecule has 4 aliphatic carbocycles. The van der Waals surface area contributed by atoms with Gasteiger partial charge in [-0.05, 0) is 66.9 Å². The first-order chi connectivity index (χ1) is 20.1. The van der Waals surface area contributed by atoms with Crippen LogP contribution in [0.5, 0.6) is 0 Å². The fraction of sp³-hybridized carbons (Fsp3) is 0.516. The Labute approximate surface area is 247 Å². The molecule has 0 bridgehead atoms. The molecule has 4 aliphatic rings. The van der Waals surface area contributed by atoms with Gasteiger partial charge in [-0.1, -0.05) is 37.8 Å². The largest absolute Gasteiger partial charge is 0.448 e. The van der Waals surface area contributed by atoms with E-state index in [-0.39, 0.29) is 41.6 Å². The molecule has 2 fully saturated rings. The van der Waals surface area contributed by atoms with E-state index in [0.717, 1.165) is 28.6 Å². The van der Waals surface area contributed by atoms with E-state index >= 15 is 0 Å². The molecule has 0 amide bonds. The van der Waals surface area contributed by atoms with Gasteiger partial charge in [0.25, 0.3) is 0 Å². The summed E-state index contributed by atoms with van der Waals surface area (Å²) in [5.41, 5.74) is 0.964. The van der Waals surface area contributed by atoms with E-state index in [9.17, 15) is 19.1 Å². The summed E-state index contributed by atoms with van der Waals surface area (Å²) in [4.78, 5) is 30.2. The van der Waals surface area contributed by atoms with Crippen LogP contribution in [0.2, 0.25) is 0 Å². The van der Waals surface area contributed by atoms with Crippen LogP contribution in [-0.4, -0.2) is 62.1 Å². The zero-order valence-electron chi connectivity index (χ0n) is 23.7. The highest BCUT2D eigenvalue weighted by atomic mass is 32.2. The number of esters is 1. The number of aromatic nitrogens is 3. The van der Waals surface area contributed by atoms with Crippen molar-refractivity contribution in [3.05, 3.63) is 59.5 Å². The smallest absolute Gasteiger partial charge is 0.333 e. The van der Waals surface area contributed by atoms with Crippen molar-refractivity contribution in [3.8, 4) is 11.8 Å². The number of thioether (sulfide) groups is 1. The number of aliphatic hydroxyl groups is 1. The van der Waals surface area contributed by atoms with Gasteiger partial charge in [0.2, 0.25) is 11.1 Å². The van der Waals surface area contributed by atoms with Crippen LogP contribution in [-0.2, 0) is 25.5 Å². The summed E-state index contributed by atoms with van der Waals surface area (Å²) in [5, 5.41) is 25.3. The predicted molar refractivity (Wildman–Crippen MR) is 152 cm³/mol. The SMILES string of the molecule is COCC(=O)O[C@]1(C(=O)SCC#N)CC[C@H]2[C@@H]3C=CC4=Cc5c(cnn5-c5ccc(F)nc5)C[C@]4(C)[C@H]3[C@@H](O)C[C@@]21C. The zero-order chi connectivity index (χ0) is 29.9.